The maximum Gasteiger partial charge on any atom is 0.408 e. The number of carbonyl (C=O) groups excluding carboxylic acids is 5. The molecule has 0 fully saturated rings. The van der Waals surface area contributed by atoms with E-state index in [2.05, 4.69) is 10.6 Å². The Morgan fingerprint density at radius 3 is 1.57 bits per heavy atom. The molecule has 2 amide bonds. The van der Waals surface area contributed by atoms with E-state index >= 15 is 0 Å². The van der Waals surface area contributed by atoms with Gasteiger partial charge in [0, 0.05) is 12.8 Å². The van der Waals surface area contributed by atoms with Crippen LogP contribution in [-0.4, -0.2) is 77.4 Å². The average Bonchev–Trinajstić information content (AvgIpc) is 2.86. The van der Waals surface area contributed by atoms with Crippen molar-refractivity contribution in [2.75, 3.05) is 6.61 Å². The molecule has 5 atom stereocenters. The van der Waals surface area contributed by atoms with Crippen LogP contribution in [0, 0.1) is 11.8 Å². The summed E-state index contributed by atoms with van der Waals surface area (Å²) in [6.45, 7) is 16.8. The minimum atomic E-state index is -1.53. The lowest BCUT2D eigenvalue weighted by molar-refractivity contribution is -0.193. The van der Waals surface area contributed by atoms with Crippen molar-refractivity contribution in [3.8, 4) is 0 Å². The van der Waals surface area contributed by atoms with Crippen molar-refractivity contribution in [1.82, 2.24) is 10.6 Å². The van der Waals surface area contributed by atoms with Gasteiger partial charge in [0.2, 0.25) is 0 Å². The Balaban J connectivity index is 5.69. The molecule has 14 heteroatoms. The second-order valence-electron chi connectivity index (χ2n) is 12.6. The first-order valence-corrected chi connectivity index (χ1v) is 15.0. The number of nitrogens with one attached hydrogen (secondary N) is 2. The predicted octanol–water partition coefficient (Wildman–Crippen LogP) is 4.47. The van der Waals surface area contributed by atoms with Crippen molar-refractivity contribution in [3.63, 3.8) is 0 Å². The van der Waals surface area contributed by atoms with E-state index in [9.17, 15) is 28.8 Å². The summed E-state index contributed by atoms with van der Waals surface area (Å²) in [5.41, 5.74) is -1.61. The van der Waals surface area contributed by atoms with Gasteiger partial charge in [0.25, 0.3) is 6.29 Å². The number of amides is 2. The van der Waals surface area contributed by atoms with Crippen LogP contribution in [0.1, 0.15) is 108 Å². The Morgan fingerprint density at radius 1 is 0.705 bits per heavy atom. The van der Waals surface area contributed by atoms with Crippen molar-refractivity contribution in [2.45, 2.75) is 137 Å². The third-order valence-corrected chi connectivity index (χ3v) is 6.16. The van der Waals surface area contributed by atoms with Crippen LogP contribution in [0.5, 0.6) is 0 Å². The SMILES string of the molecule is CC[C@H](C)[C@H](NC(=O)OC(C)(C)C)C(=O)OCCC(OC(=O)CCCC(=O)O)OC(=O)[C@@H](NC(=O)OC(C)(C)C)[C@@H](C)CC. The lowest BCUT2D eigenvalue weighted by Crippen LogP contribution is -2.49. The Kier molecular flexibility index (Phi) is 17.4. The van der Waals surface area contributed by atoms with Crippen molar-refractivity contribution in [1.29, 1.82) is 0 Å². The molecule has 0 aromatic rings. The van der Waals surface area contributed by atoms with Crippen LogP contribution < -0.4 is 10.6 Å². The first-order chi connectivity index (χ1) is 20.2. The highest BCUT2D eigenvalue weighted by Crippen LogP contribution is 2.17. The molecule has 0 saturated heterocycles. The monoisotopic (exact) mass is 632 g/mol. The molecule has 0 aliphatic rings. The van der Waals surface area contributed by atoms with E-state index in [0.29, 0.717) is 12.8 Å². The second kappa shape index (κ2) is 18.9. The first kappa shape index (κ1) is 40.4. The molecule has 0 radical (unpaired) electrons. The van der Waals surface area contributed by atoms with Crippen molar-refractivity contribution in [2.24, 2.45) is 11.8 Å². The van der Waals surface area contributed by atoms with Gasteiger partial charge >= 0.3 is 36.1 Å². The zero-order valence-electron chi connectivity index (χ0n) is 27.8. The molecule has 14 nitrogen and oxygen atoms in total. The summed E-state index contributed by atoms with van der Waals surface area (Å²) in [6.07, 6.45) is -2.97. The molecule has 0 aromatic carbocycles. The fourth-order valence-electron chi connectivity index (χ4n) is 3.49. The van der Waals surface area contributed by atoms with E-state index in [0.717, 1.165) is 0 Å². The maximum absolute atomic E-state index is 13.2. The molecule has 254 valence electrons. The average molecular weight is 633 g/mol. The number of aliphatic carboxylic acids is 1. The molecule has 0 spiro atoms. The van der Waals surface area contributed by atoms with Crippen molar-refractivity contribution >= 4 is 36.1 Å². The summed E-state index contributed by atoms with van der Waals surface area (Å²) >= 11 is 0. The number of carbonyl (C=O) groups is 6. The molecule has 3 N–H and O–H groups in total. The highest BCUT2D eigenvalue weighted by atomic mass is 16.7. The molecule has 0 bridgehead atoms. The molecular weight excluding hydrogens is 580 g/mol. The van der Waals surface area contributed by atoms with Crippen LogP contribution >= 0.6 is 0 Å². The van der Waals surface area contributed by atoms with Crippen LogP contribution in [0.4, 0.5) is 9.59 Å². The summed E-state index contributed by atoms with van der Waals surface area (Å²) in [5, 5.41) is 13.9. The smallest absolute Gasteiger partial charge is 0.408 e. The lowest BCUT2D eigenvalue weighted by atomic mass is 9.99. The zero-order chi connectivity index (χ0) is 34.3. The van der Waals surface area contributed by atoms with E-state index in [1.165, 1.54) is 0 Å². The minimum Gasteiger partial charge on any atom is -0.481 e. The number of hydrogen-bond donors (Lipinski definition) is 3. The third kappa shape index (κ3) is 18.2. The van der Waals surface area contributed by atoms with E-state index in [4.69, 9.17) is 28.8 Å². The van der Waals surface area contributed by atoms with Gasteiger partial charge < -0.3 is 39.4 Å². The number of carboxylic acid groups (broad SMARTS) is 1. The Bertz CT molecular complexity index is 970. The van der Waals surface area contributed by atoms with Gasteiger partial charge in [-0.15, -0.1) is 0 Å². The van der Waals surface area contributed by atoms with Crippen LogP contribution in [0.25, 0.3) is 0 Å². The summed E-state index contributed by atoms with van der Waals surface area (Å²) in [6, 6.07) is -2.19. The highest BCUT2D eigenvalue weighted by Gasteiger charge is 2.33. The fraction of sp³-hybridized carbons (Fsp3) is 0.800. The summed E-state index contributed by atoms with van der Waals surface area (Å²) in [5.74, 6) is -4.32. The van der Waals surface area contributed by atoms with Gasteiger partial charge in [-0.1, -0.05) is 40.5 Å². The molecule has 1 unspecified atom stereocenters. The quantitative estimate of drug-likeness (QED) is 0.116. The summed E-state index contributed by atoms with van der Waals surface area (Å²) < 4.78 is 26.6. The molecule has 0 aromatic heterocycles. The normalized spacial score (nSPS) is 15.0. The summed E-state index contributed by atoms with van der Waals surface area (Å²) in [4.78, 5) is 74.0. The number of alkyl carbamates (subject to hydrolysis) is 2. The van der Waals surface area contributed by atoms with Gasteiger partial charge in [-0.05, 0) is 59.8 Å². The van der Waals surface area contributed by atoms with Gasteiger partial charge in [0.05, 0.1) is 13.0 Å². The Morgan fingerprint density at radius 2 is 1.16 bits per heavy atom. The van der Waals surface area contributed by atoms with E-state index in [-0.39, 0.29) is 38.2 Å². The van der Waals surface area contributed by atoms with Crippen molar-refractivity contribution < 1.29 is 57.6 Å². The highest BCUT2D eigenvalue weighted by molar-refractivity contribution is 5.82. The molecule has 44 heavy (non-hydrogen) atoms. The van der Waals surface area contributed by atoms with Crippen LogP contribution in [0.2, 0.25) is 0 Å². The van der Waals surface area contributed by atoms with Crippen LogP contribution in [0.15, 0.2) is 0 Å². The fourth-order valence-corrected chi connectivity index (χ4v) is 3.49. The molecule has 0 aliphatic heterocycles. The maximum atomic E-state index is 13.2. The molecular formula is C30H52N2O12. The van der Waals surface area contributed by atoms with Gasteiger partial charge in [0.15, 0.2) is 0 Å². The summed E-state index contributed by atoms with van der Waals surface area (Å²) in [7, 11) is 0. The van der Waals surface area contributed by atoms with Gasteiger partial charge in [0.1, 0.15) is 23.3 Å². The largest absolute Gasteiger partial charge is 0.481 e. The van der Waals surface area contributed by atoms with E-state index in [1.54, 1.807) is 62.3 Å². The van der Waals surface area contributed by atoms with E-state index < -0.39 is 71.6 Å². The number of rotatable bonds is 17. The lowest BCUT2D eigenvalue weighted by Gasteiger charge is -2.27. The number of esters is 3. The topological polar surface area (TPSA) is 193 Å². The number of carboxylic acids is 1. The third-order valence-electron chi connectivity index (χ3n) is 6.16. The van der Waals surface area contributed by atoms with E-state index in [1.807, 2.05) is 6.92 Å². The van der Waals surface area contributed by atoms with Crippen LogP contribution in [-0.2, 0) is 42.9 Å². The first-order valence-electron chi connectivity index (χ1n) is 15.0. The Hall–Kier alpha value is -3.58. The molecule has 0 heterocycles. The van der Waals surface area contributed by atoms with Gasteiger partial charge in [-0.3, -0.25) is 9.59 Å². The number of ether oxygens (including phenoxy) is 5. The van der Waals surface area contributed by atoms with Crippen LogP contribution in [0.3, 0.4) is 0 Å². The molecule has 0 saturated carbocycles. The number of hydrogen-bond acceptors (Lipinski definition) is 11. The minimum absolute atomic E-state index is 0.00751. The van der Waals surface area contributed by atoms with Gasteiger partial charge in [-0.25, -0.2) is 19.2 Å². The van der Waals surface area contributed by atoms with Crippen molar-refractivity contribution in [3.05, 3.63) is 0 Å². The second-order valence-corrected chi connectivity index (χ2v) is 12.6. The standard InChI is InChI=1S/C30H52N2O12/c1-11-18(3)23(31-27(38)43-29(5,6)7)25(36)40-17-16-22(41-21(35)15-13-14-20(33)34)42-26(37)24(19(4)12-2)32-28(39)44-30(8,9)10/h18-19,22-24H,11-17H2,1-10H3,(H,31,38)(H,32,39)(H,33,34)/t18-,19-,22?,23-,24-/m0/s1. The molecule has 0 aliphatic carbocycles. The predicted molar refractivity (Wildman–Crippen MR) is 158 cm³/mol. The Labute approximate surface area is 260 Å². The zero-order valence-corrected chi connectivity index (χ0v) is 27.8. The molecule has 0 rings (SSSR count). The van der Waals surface area contributed by atoms with Gasteiger partial charge in [-0.2, -0.15) is 0 Å².